The molecule has 0 radical (unpaired) electrons. The van der Waals surface area contributed by atoms with Gasteiger partial charge in [0.2, 0.25) is 0 Å². The molecule has 0 saturated carbocycles. The van der Waals surface area contributed by atoms with E-state index in [2.05, 4.69) is 6.58 Å². The van der Waals surface area contributed by atoms with E-state index in [4.69, 9.17) is 16.2 Å². The second-order valence-electron chi connectivity index (χ2n) is 4.75. The highest BCUT2D eigenvalue weighted by Gasteiger charge is 2.06. The second kappa shape index (κ2) is 6.81. The number of aliphatic hydroxyl groups excluding tert-OH is 1. The minimum Gasteiger partial charge on any atom is -0.491 e. The van der Waals surface area contributed by atoms with Crippen molar-refractivity contribution >= 4 is 11.4 Å². The normalized spacial score (nSPS) is 10.3. The molecule has 0 saturated heterocycles. The van der Waals surface area contributed by atoms with Crippen molar-refractivity contribution in [1.29, 1.82) is 0 Å². The van der Waals surface area contributed by atoms with Crippen molar-refractivity contribution in [3.8, 4) is 16.9 Å². The molecule has 110 valence electrons. The van der Waals surface area contributed by atoms with E-state index in [1.807, 2.05) is 30.3 Å². The van der Waals surface area contributed by atoms with Crippen LogP contribution in [0.3, 0.4) is 0 Å². The van der Waals surface area contributed by atoms with Gasteiger partial charge in [-0.2, -0.15) is 0 Å². The summed E-state index contributed by atoms with van der Waals surface area (Å²) in [4.78, 5) is 0. The van der Waals surface area contributed by atoms with Gasteiger partial charge in [-0.1, -0.05) is 18.2 Å². The fraction of sp³-hybridized carbons (Fsp3) is 0.176. The molecule has 4 heteroatoms. The summed E-state index contributed by atoms with van der Waals surface area (Å²) < 4.78 is 5.65. The lowest BCUT2D eigenvalue weighted by atomic mass is 10.0. The molecule has 0 spiro atoms. The molecular formula is C17H20N2O2. The van der Waals surface area contributed by atoms with Crippen LogP contribution in [0.15, 0.2) is 49.1 Å². The highest BCUT2D eigenvalue weighted by molar-refractivity contribution is 5.72. The first kappa shape index (κ1) is 14.9. The van der Waals surface area contributed by atoms with Crippen LogP contribution in [0, 0.1) is 0 Å². The first-order chi connectivity index (χ1) is 10.2. The minimum absolute atomic E-state index is 0.0860. The van der Waals surface area contributed by atoms with Gasteiger partial charge in [-0.3, -0.25) is 0 Å². The predicted octanol–water partition coefficient (Wildman–Crippen LogP) is 2.97. The van der Waals surface area contributed by atoms with Crippen molar-refractivity contribution in [2.24, 2.45) is 0 Å². The second-order valence-corrected chi connectivity index (χ2v) is 4.75. The lowest BCUT2D eigenvalue weighted by Gasteiger charge is -2.11. The van der Waals surface area contributed by atoms with Gasteiger partial charge in [0.25, 0.3) is 0 Å². The lowest BCUT2D eigenvalue weighted by Crippen LogP contribution is -2.00. The van der Waals surface area contributed by atoms with E-state index in [0.717, 1.165) is 17.5 Å². The highest BCUT2D eigenvalue weighted by Crippen LogP contribution is 2.30. The smallest absolute Gasteiger partial charge is 0.142 e. The third kappa shape index (κ3) is 3.55. The van der Waals surface area contributed by atoms with Gasteiger partial charge in [0.05, 0.1) is 18.9 Å². The van der Waals surface area contributed by atoms with Crippen LogP contribution in [0.5, 0.6) is 5.75 Å². The first-order valence-electron chi connectivity index (χ1n) is 6.78. The molecule has 5 N–H and O–H groups in total. The van der Waals surface area contributed by atoms with Crippen LogP contribution < -0.4 is 16.2 Å². The van der Waals surface area contributed by atoms with Crippen LogP contribution in [0.25, 0.3) is 11.1 Å². The third-order valence-corrected chi connectivity index (χ3v) is 3.24. The molecule has 21 heavy (non-hydrogen) atoms. The quantitative estimate of drug-likeness (QED) is 0.433. The van der Waals surface area contributed by atoms with Crippen LogP contribution in [-0.4, -0.2) is 11.7 Å². The van der Waals surface area contributed by atoms with Crippen LogP contribution in [-0.2, 0) is 6.61 Å². The summed E-state index contributed by atoms with van der Waals surface area (Å²) in [6.45, 7) is 4.12. The minimum atomic E-state index is -0.0860. The van der Waals surface area contributed by atoms with Crippen molar-refractivity contribution in [2.75, 3.05) is 18.1 Å². The van der Waals surface area contributed by atoms with Crippen LogP contribution >= 0.6 is 0 Å². The average molecular weight is 284 g/mol. The van der Waals surface area contributed by atoms with Crippen LogP contribution in [0.4, 0.5) is 11.4 Å². The molecule has 2 rings (SSSR count). The largest absolute Gasteiger partial charge is 0.491 e. The van der Waals surface area contributed by atoms with Crippen LogP contribution in [0.2, 0.25) is 0 Å². The Kier molecular flexibility index (Phi) is 4.85. The summed E-state index contributed by atoms with van der Waals surface area (Å²) in [5.74, 6) is 0.650. The highest BCUT2D eigenvalue weighted by atomic mass is 16.5. The summed E-state index contributed by atoms with van der Waals surface area (Å²) in [6, 6.07) is 11.2. The van der Waals surface area contributed by atoms with E-state index < -0.39 is 0 Å². The summed E-state index contributed by atoms with van der Waals surface area (Å²) in [5.41, 5.74) is 15.5. The number of hydrogen-bond acceptors (Lipinski definition) is 4. The Labute approximate surface area is 124 Å². The number of aliphatic hydroxyl groups is 1. The standard InChI is InChI=1S/C17H20N2O2/c1-2-3-8-21-17-10-13(5-7-16(17)19)12-4-6-15(18)14(9-12)11-20/h2,4-7,9-10,20H,1,3,8,11,18-19H2. The van der Waals surface area contributed by atoms with Crippen molar-refractivity contribution in [3.05, 3.63) is 54.6 Å². The Morgan fingerprint density at radius 3 is 2.38 bits per heavy atom. The lowest BCUT2D eigenvalue weighted by molar-refractivity contribution is 0.282. The fourth-order valence-electron chi connectivity index (χ4n) is 2.01. The fourth-order valence-corrected chi connectivity index (χ4v) is 2.01. The summed E-state index contributed by atoms with van der Waals surface area (Å²) in [7, 11) is 0. The van der Waals surface area contributed by atoms with E-state index >= 15 is 0 Å². The first-order valence-corrected chi connectivity index (χ1v) is 6.78. The molecule has 0 fully saturated rings. The van der Waals surface area contributed by atoms with Gasteiger partial charge in [0.1, 0.15) is 5.75 Å². The number of benzene rings is 2. The monoisotopic (exact) mass is 284 g/mol. The number of nitrogens with two attached hydrogens (primary N) is 2. The summed E-state index contributed by atoms with van der Waals surface area (Å²) >= 11 is 0. The third-order valence-electron chi connectivity index (χ3n) is 3.24. The van der Waals surface area contributed by atoms with E-state index in [0.29, 0.717) is 29.3 Å². The summed E-state index contributed by atoms with van der Waals surface area (Å²) in [5, 5.41) is 9.30. The molecule has 2 aromatic carbocycles. The molecule has 4 nitrogen and oxygen atoms in total. The van der Waals surface area contributed by atoms with Crippen molar-refractivity contribution in [2.45, 2.75) is 13.0 Å². The Bertz CT molecular complexity index is 639. The average Bonchev–Trinajstić information content (AvgIpc) is 2.50. The van der Waals surface area contributed by atoms with E-state index in [1.54, 1.807) is 12.1 Å². The predicted molar refractivity (Wildman–Crippen MR) is 86.9 cm³/mol. The number of ether oxygens (including phenoxy) is 1. The van der Waals surface area contributed by atoms with Gasteiger partial charge in [0, 0.05) is 11.3 Å². The zero-order valence-electron chi connectivity index (χ0n) is 11.9. The van der Waals surface area contributed by atoms with Gasteiger partial charge in [0.15, 0.2) is 0 Å². The SMILES string of the molecule is C=CCCOc1cc(-c2ccc(N)c(CO)c2)ccc1N. The molecule has 0 atom stereocenters. The van der Waals surface area contributed by atoms with Crippen molar-refractivity contribution in [1.82, 2.24) is 0 Å². The molecule has 0 aliphatic rings. The maximum Gasteiger partial charge on any atom is 0.142 e. The van der Waals surface area contributed by atoms with Gasteiger partial charge in [-0.05, 0) is 41.8 Å². The molecule has 0 aromatic heterocycles. The van der Waals surface area contributed by atoms with Gasteiger partial charge < -0.3 is 21.3 Å². The molecular weight excluding hydrogens is 264 g/mol. The number of rotatable bonds is 6. The Morgan fingerprint density at radius 1 is 1.05 bits per heavy atom. The van der Waals surface area contributed by atoms with Gasteiger partial charge >= 0.3 is 0 Å². The topological polar surface area (TPSA) is 81.5 Å². The Balaban J connectivity index is 2.31. The van der Waals surface area contributed by atoms with Gasteiger partial charge in [-0.25, -0.2) is 0 Å². The molecule has 0 unspecified atom stereocenters. The van der Waals surface area contributed by atoms with Crippen molar-refractivity contribution in [3.63, 3.8) is 0 Å². The molecule has 2 aromatic rings. The molecule has 0 amide bonds. The van der Waals surface area contributed by atoms with Crippen molar-refractivity contribution < 1.29 is 9.84 Å². The zero-order valence-corrected chi connectivity index (χ0v) is 11.9. The Morgan fingerprint density at radius 2 is 1.71 bits per heavy atom. The van der Waals surface area contributed by atoms with E-state index in [-0.39, 0.29) is 6.61 Å². The number of nitrogen functional groups attached to an aromatic ring is 2. The maximum atomic E-state index is 9.30. The molecule has 0 aliphatic carbocycles. The number of hydrogen-bond donors (Lipinski definition) is 3. The van der Waals surface area contributed by atoms with E-state index in [9.17, 15) is 5.11 Å². The molecule has 0 bridgehead atoms. The Hall–Kier alpha value is -2.46. The van der Waals surface area contributed by atoms with Crippen LogP contribution in [0.1, 0.15) is 12.0 Å². The zero-order chi connectivity index (χ0) is 15.2. The van der Waals surface area contributed by atoms with E-state index in [1.165, 1.54) is 0 Å². The maximum absolute atomic E-state index is 9.30. The number of anilines is 2. The van der Waals surface area contributed by atoms with Gasteiger partial charge in [-0.15, -0.1) is 6.58 Å². The molecule has 0 aliphatic heterocycles. The summed E-state index contributed by atoms with van der Waals surface area (Å²) in [6.07, 6.45) is 2.56. The molecule has 0 heterocycles.